The molecule has 1 aliphatic rings. The summed E-state index contributed by atoms with van der Waals surface area (Å²) < 4.78 is 16.7. The lowest BCUT2D eigenvalue weighted by Gasteiger charge is -2.31. The van der Waals surface area contributed by atoms with Crippen LogP contribution in [0.1, 0.15) is 38.2 Å². The molecule has 5 nitrogen and oxygen atoms in total. The minimum atomic E-state index is -0.187. The van der Waals surface area contributed by atoms with Crippen LogP contribution in [0.25, 0.3) is 0 Å². The average Bonchev–Trinajstić information content (AvgIpc) is 2.63. The maximum atomic E-state index is 11.9. The van der Waals surface area contributed by atoms with Gasteiger partial charge in [0.2, 0.25) is 0 Å². The van der Waals surface area contributed by atoms with E-state index < -0.39 is 0 Å². The minimum Gasteiger partial charge on any atom is -0.449 e. The first-order valence-corrected chi connectivity index (χ1v) is 8.94. The highest BCUT2D eigenvalue weighted by molar-refractivity contribution is 5.67. The number of ether oxygens (including phenoxy) is 3. The standard InChI is InChI=1S/C19H29NO4/c1-2-3-13-24-19(21)20-11-9-18(10-12-20)23-15-14-22-16-17-7-5-4-6-8-17/h4-8,18H,2-3,9-16H2,1H3. The SMILES string of the molecule is CCCCOC(=O)N1CCC(OCCOCc2ccccc2)CC1. The van der Waals surface area contributed by atoms with Crippen molar-refractivity contribution in [2.75, 3.05) is 32.9 Å². The molecular formula is C19H29NO4. The van der Waals surface area contributed by atoms with Gasteiger partial charge in [-0.25, -0.2) is 4.79 Å². The van der Waals surface area contributed by atoms with E-state index in [1.807, 2.05) is 18.2 Å². The van der Waals surface area contributed by atoms with E-state index in [1.165, 1.54) is 5.56 Å². The first kappa shape index (κ1) is 18.7. The maximum absolute atomic E-state index is 11.9. The third-order valence-electron chi connectivity index (χ3n) is 4.12. The molecule has 1 aliphatic heterocycles. The van der Waals surface area contributed by atoms with Crippen LogP contribution in [0.3, 0.4) is 0 Å². The van der Waals surface area contributed by atoms with Gasteiger partial charge >= 0.3 is 6.09 Å². The maximum Gasteiger partial charge on any atom is 0.409 e. The quantitative estimate of drug-likeness (QED) is 0.647. The Kier molecular flexibility index (Phi) is 8.63. The summed E-state index contributed by atoms with van der Waals surface area (Å²) in [5.74, 6) is 0. The first-order valence-electron chi connectivity index (χ1n) is 8.94. The lowest BCUT2D eigenvalue weighted by molar-refractivity contribution is -0.0248. The topological polar surface area (TPSA) is 48.0 Å². The molecule has 0 atom stereocenters. The highest BCUT2D eigenvalue weighted by atomic mass is 16.6. The van der Waals surface area contributed by atoms with Gasteiger partial charge in [-0.1, -0.05) is 43.7 Å². The predicted molar refractivity (Wildman–Crippen MR) is 92.9 cm³/mol. The third-order valence-corrected chi connectivity index (χ3v) is 4.12. The Hall–Kier alpha value is -1.59. The van der Waals surface area contributed by atoms with E-state index in [0.29, 0.717) is 39.5 Å². The number of unbranched alkanes of at least 4 members (excludes halogenated alkanes) is 1. The molecule has 134 valence electrons. The molecule has 0 radical (unpaired) electrons. The van der Waals surface area contributed by atoms with Gasteiger partial charge in [-0.3, -0.25) is 0 Å². The molecule has 0 unspecified atom stereocenters. The number of carbonyl (C=O) groups is 1. The van der Waals surface area contributed by atoms with Crippen LogP contribution < -0.4 is 0 Å². The molecule has 0 aliphatic carbocycles. The Morgan fingerprint density at radius 3 is 2.58 bits per heavy atom. The molecule has 1 fully saturated rings. The number of rotatable bonds is 9. The van der Waals surface area contributed by atoms with Gasteiger partial charge in [0.1, 0.15) is 0 Å². The van der Waals surface area contributed by atoms with Crippen LogP contribution in [0.4, 0.5) is 4.79 Å². The number of nitrogens with zero attached hydrogens (tertiary/aromatic N) is 1. The Bertz CT molecular complexity index is 458. The summed E-state index contributed by atoms with van der Waals surface area (Å²) in [5, 5.41) is 0. The van der Waals surface area contributed by atoms with Crippen LogP contribution >= 0.6 is 0 Å². The molecule has 1 aromatic carbocycles. The van der Waals surface area contributed by atoms with Crippen LogP contribution in [0.2, 0.25) is 0 Å². The van der Waals surface area contributed by atoms with Crippen molar-refractivity contribution in [1.82, 2.24) is 4.90 Å². The number of hydrogen-bond donors (Lipinski definition) is 0. The largest absolute Gasteiger partial charge is 0.449 e. The highest BCUT2D eigenvalue weighted by Crippen LogP contribution is 2.14. The van der Waals surface area contributed by atoms with Crippen molar-refractivity contribution in [3.63, 3.8) is 0 Å². The number of carbonyl (C=O) groups excluding carboxylic acids is 1. The second-order valence-electron chi connectivity index (χ2n) is 6.06. The molecule has 1 heterocycles. The van der Waals surface area contributed by atoms with E-state index >= 15 is 0 Å². The fraction of sp³-hybridized carbons (Fsp3) is 0.632. The zero-order valence-electron chi connectivity index (χ0n) is 14.6. The first-order chi connectivity index (χ1) is 11.8. The molecule has 1 saturated heterocycles. The molecule has 0 N–H and O–H groups in total. The number of likely N-dealkylation sites (tertiary alicyclic amines) is 1. The molecule has 2 rings (SSSR count). The Labute approximate surface area is 144 Å². The van der Waals surface area contributed by atoms with E-state index in [-0.39, 0.29) is 12.2 Å². The molecule has 0 spiro atoms. The van der Waals surface area contributed by atoms with Gasteiger partial charge in [0.05, 0.1) is 32.5 Å². The van der Waals surface area contributed by atoms with Gasteiger partial charge in [-0.05, 0) is 24.8 Å². The summed E-state index contributed by atoms with van der Waals surface area (Å²) in [6.45, 7) is 5.82. The summed E-state index contributed by atoms with van der Waals surface area (Å²) in [6.07, 6.45) is 3.71. The van der Waals surface area contributed by atoms with Gasteiger partial charge < -0.3 is 19.1 Å². The second kappa shape index (κ2) is 11.0. The van der Waals surface area contributed by atoms with E-state index in [1.54, 1.807) is 4.90 Å². The predicted octanol–water partition coefficient (Wildman–Crippen LogP) is 3.62. The zero-order chi connectivity index (χ0) is 17.0. The fourth-order valence-corrected chi connectivity index (χ4v) is 2.64. The molecule has 1 aromatic rings. The van der Waals surface area contributed by atoms with Gasteiger partial charge in [0, 0.05) is 13.1 Å². The normalized spacial score (nSPS) is 15.5. The van der Waals surface area contributed by atoms with Crippen LogP contribution in [0.5, 0.6) is 0 Å². The van der Waals surface area contributed by atoms with E-state index in [9.17, 15) is 4.79 Å². The number of benzene rings is 1. The molecule has 1 amide bonds. The van der Waals surface area contributed by atoms with Crippen molar-refractivity contribution in [2.24, 2.45) is 0 Å². The lowest BCUT2D eigenvalue weighted by atomic mass is 10.1. The van der Waals surface area contributed by atoms with Gasteiger partial charge in [-0.15, -0.1) is 0 Å². The zero-order valence-corrected chi connectivity index (χ0v) is 14.6. The fourth-order valence-electron chi connectivity index (χ4n) is 2.64. The Balaban J connectivity index is 1.51. The Morgan fingerprint density at radius 2 is 1.88 bits per heavy atom. The van der Waals surface area contributed by atoms with Crippen LogP contribution in [0.15, 0.2) is 30.3 Å². The molecule has 0 bridgehead atoms. The number of hydrogen-bond acceptors (Lipinski definition) is 4. The van der Waals surface area contributed by atoms with E-state index in [0.717, 1.165) is 25.7 Å². The van der Waals surface area contributed by atoms with Crippen molar-refractivity contribution >= 4 is 6.09 Å². The summed E-state index contributed by atoms with van der Waals surface area (Å²) >= 11 is 0. The van der Waals surface area contributed by atoms with Crippen molar-refractivity contribution in [2.45, 2.75) is 45.3 Å². The molecular weight excluding hydrogens is 306 g/mol. The van der Waals surface area contributed by atoms with Crippen molar-refractivity contribution in [3.05, 3.63) is 35.9 Å². The molecule has 0 aromatic heterocycles. The van der Waals surface area contributed by atoms with Crippen molar-refractivity contribution in [1.29, 1.82) is 0 Å². The smallest absolute Gasteiger partial charge is 0.409 e. The molecule has 24 heavy (non-hydrogen) atoms. The van der Waals surface area contributed by atoms with E-state index in [2.05, 4.69) is 19.1 Å². The molecule has 5 heteroatoms. The van der Waals surface area contributed by atoms with Crippen molar-refractivity contribution in [3.8, 4) is 0 Å². The summed E-state index contributed by atoms with van der Waals surface area (Å²) in [5.41, 5.74) is 1.17. The number of piperidine rings is 1. The summed E-state index contributed by atoms with van der Waals surface area (Å²) in [4.78, 5) is 13.6. The van der Waals surface area contributed by atoms with E-state index in [4.69, 9.17) is 14.2 Å². The van der Waals surface area contributed by atoms with Gasteiger partial charge in [-0.2, -0.15) is 0 Å². The number of amides is 1. The summed E-state index contributed by atoms with van der Waals surface area (Å²) in [7, 11) is 0. The Morgan fingerprint density at radius 1 is 1.12 bits per heavy atom. The highest BCUT2D eigenvalue weighted by Gasteiger charge is 2.23. The average molecular weight is 335 g/mol. The van der Waals surface area contributed by atoms with Crippen LogP contribution in [-0.2, 0) is 20.8 Å². The van der Waals surface area contributed by atoms with Crippen LogP contribution in [-0.4, -0.2) is 50.0 Å². The van der Waals surface area contributed by atoms with Crippen LogP contribution in [0, 0.1) is 0 Å². The second-order valence-corrected chi connectivity index (χ2v) is 6.06. The summed E-state index contributed by atoms with van der Waals surface area (Å²) in [6, 6.07) is 10.1. The van der Waals surface area contributed by atoms with Gasteiger partial charge in [0.15, 0.2) is 0 Å². The molecule has 0 saturated carbocycles. The van der Waals surface area contributed by atoms with Crippen molar-refractivity contribution < 1.29 is 19.0 Å². The van der Waals surface area contributed by atoms with Gasteiger partial charge in [0.25, 0.3) is 0 Å². The monoisotopic (exact) mass is 335 g/mol. The third kappa shape index (κ3) is 6.89. The minimum absolute atomic E-state index is 0.187. The lowest BCUT2D eigenvalue weighted by Crippen LogP contribution is -2.41.